The summed E-state index contributed by atoms with van der Waals surface area (Å²) in [7, 11) is 1.88. The zero-order valence-electron chi connectivity index (χ0n) is 10.6. The molecule has 0 fully saturated rings. The van der Waals surface area contributed by atoms with Gasteiger partial charge >= 0.3 is 5.97 Å². The second-order valence-electron chi connectivity index (χ2n) is 4.33. The fourth-order valence-corrected chi connectivity index (χ4v) is 2.01. The normalized spacial score (nSPS) is 12.6. The van der Waals surface area contributed by atoms with E-state index in [0.29, 0.717) is 6.42 Å². The van der Waals surface area contributed by atoms with Crippen molar-refractivity contribution >= 4 is 5.97 Å². The van der Waals surface area contributed by atoms with Crippen LogP contribution in [0.4, 0.5) is 0 Å². The number of aliphatic carboxylic acids is 1. The Morgan fingerprint density at radius 3 is 2.53 bits per heavy atom. The van der Waals surface area contributed by atoms with Crippen LogP contribution in [0.25, 0.3) is 0 Å². The van der Waals surface area contributed by atoms with Crippen molar-refractivity contribution in [3.8, 4) is 0 Å². The van der Waals surface area contributed by atoms with Gasteiger partial charge in [-0.05, 0) is 38.4 Å². The van der Waals surface area contributed by atoms with Gasteiger partial charge in [-0.15, -0.1) is 0 Å². The van der Waals surface area contributed by atoms with Crippen LogP contribution >= 0.6 is 0 Å². The predicted octanol–water partition coefficient (Wildman–Crippen LogP) is 2.41. The molecule has 0 aliphatic rings. The van der Waals surface area contributed by atoms with Crippen molar-refractivity contribution in [2.24, 2.45) is 0 Å². The van der Waals surface area contributed by atoms with Crippen LogP contribution in [0.2, 0.25) is 0 Å². The maximum Gasteiger partial charge on any atom is 0.320 e. The molecule has 1 atom stereocenters. The van der Waals surface area contributed by atoms with E-state index in [4.69, 9.17) is 5.11 Å². The zero-order chi connectivity index (χ0) is 12.7. The Labute approximate surface area is 103 Å². The Hall–Kier alpha value is -1.35. The molecule has 0 bridgehead atoms. The van der Waals surface area contributed by atoms with Crippen LogP contribution in [0.1, 0.15) is 25.3 Å². The summed E-state index contributed by atoms with van der Waals surface area (Å²) in [4.78, 5) is 12.9. The van der Waals surface area contributed by atoms with Crippen molar-refractivity contribution < 1.29 is 9.90 Å². The summed E-state index contributed by atoms with van der Waals surface area (Å²) in [5.41, 5.74) is 1.31. The Balaban J connectivity index is 2.33. The summed E-state index contributed by atoms with van der Waals surface area (Å²) in [6, 6.07) is 9.93. The Morgan fingerprint density at radius 2 is 2.00 bits per heavy atom. The minimum absolute atomic E-state index is 0.356. The molecule has 0 aliphatic carbocycles. The van der Waals surface area contributed by atoms with E-state index < -0.39 is 5.97 Å². The van der Waals surface area contributed by atoms with Crippen LogP contribution < -0.4 is 0 Å². The molecule has 1 aromatic rings. The molecule has 1 aromatic carbocycles. The number of hydrogen-bond donors (Lipinski definition) is 1. The van der Waals surface area contributed by atoms with Gasteiger partial charge in [0.2, 0.25) is 0 Å². The van der Waals surface area contributed by atoms with Gasteiger partial charge in [0.1, 0.15) is 6.04 Å². The van der Waals surface area contributed by atoms with Gasteiger partial charge < -0.3 is 5.11 Å². The number of nitrogens with zero attached hydrogens (tertiary/aromatic N) is 1. The van der Waals surface area contributed by atoms with Crippen molar-refractivity contribution in [2.75, 3.05) is 13.6 Å². The van der Waals surface area contributed by atoms with E-state index >= 15 is 0 Å². The third kappa shape index (κ3) is 4.57. The summed E-state index contributed by atoms with van der Waals surface area (Å²) >= 11 is 0. The van der Waals surface area contributed by atoms with Gasteiger partial charge in [-0.1, -0.05) is 37.3 Å². The molecule has 94 valence electrons. The fraction of sp³-hybridized carbons (Fsp3) is 0.500. The molecule has 0 saturated heterocycles. The molecular weight excluding hydrogens is 214 g/mol. The highest BCUT2D eigenvalue weighted by atomic mass is 16.4. The van der Waals surface area contributed by atoms with Crippen LogP contribution in [0.3, 0.4) is 0 Å². The molecule has 1 N–H and O–H groups in total. The lowest BCUT2D eigenvalue weighted by molar-refractivity contribution is -0.142. The average molecular weight is 235 g/mol. The summed E-state index contributed by atoms with van der Waals surface area (Å²) in [6.45, 7) is 2.73. The van der Waals surface area contributed by atoms with E-state index in [0.717, 1.165) is 19.4 Å². The molecule has 0 aromatic heterocycles. The minimum Gasteiger partial charge on any atom is -0.480 e. The third-order valence-electron chi connectivity index (χ3n) is 3.02. The van der Waals surface area contributed by atoms with Crippen LogP contribution in [0, 0.1) is 0 Å². The SMILES string of the molecule is CCC(C(=O)O)N(C)CCCc1ccccc1. The first-order valence-corrected chi connectivity index (χ1v) is 6.12. The van der Waals surface area contributed by atoms with Gasteiger partial charge in [0.15, 0.2) is 0 Å². The average Bonchev–Trinajstić information content (AvgIpc) is 2.30. The number of benzene rings is 1. The van der Waals surface area contributed by atoms with Crippen molar-refractivity contribution in [3.63, 3.8) is 0 Å². The van der Waals surface area contributed by atoms with Gasteiger partial charge in [0.25, 0.3) is 0 Å². The molecular formula is C14H21NO2. The van der Waals surface area contributed by atoms with E-state index in [2.05, 4.69) is 12.1 Å². The second-order valence-corrected chi connectivity index (χ2v) is 4.33. The lowest BCUT2D eigenvalue weighted by Crippen LogP contribution is -2.38. The van der Waals surface area contributed by atoms with Crippen LogP contribution in [-0.2, 0) is 11.2 Å². The van der Waals surface area contributed by atoms with Crippen LogP contribution in [0.5, 0.6) is 0 Å². The topological polar surface area (TPSA) is 40.5 Å². The van der Waals surface area contributed by atoms with Gasteiger partial charge in [-0.3, -0.25) is 9.69 Å². The first-order chi connectivity index (χ1) is 8.15. The molecule has 0 spiro atoms. The molecule has 0 amide bonds. The van der Waals surface area contributed by atoms with E-state index in [1.165, 1.54) is 5.56 Å². The van der Waals surface area contributed by atoms with Crippen molar-refractivity contribution in [2.45, 2.75) is 32.2 Å². The highest BCUT2D eigenvalue weighted by Gasteiger charge is 2.19. The third-order valence-corrected chi connectivity index (χ3v) is 3.02. The molecule has 3 nitrogen and oxygen atoms in total. The monoisotopic (exact) mass is 235 g/mol. The summed E-state index contributed by atoms with van der Waals surface area (Å²) in [6.07, 6.45) is 2.64. The summed E-state index contributed by atoms with van der Waals surface area (Å²) < 4.78 is 0. The van der Waals surface area contributed by atoms with Gasteiger partial charge in [0.05, 0.1) is 0 Å². The Morgan fingerprint density at radius 1 is 1.35 bits per heavy atom. The lowest BCUT2D eigenvalue weighted by Gasteiger charge is -2.23. The number of rotatable bonds is 7. The smallest absolute Gasteiger partial charge is 0.320 e. The van der Waals surface area contributed by atoms with Crippen LogP contribution in [-0.4, -0.2) is 35.6 Å². The highest BCUT2D eigenvalue weighted by Crippen LogP contribution is 2.06. The fourth-order valence-electron chi connectivity index (χ4n) is 2.01. The maximum atomic E-state index is 11.0. The Kier molecular flexibility index (Phi) is 5.70. The predicted molar refractivity (Wildman–Crippen MR) is 69.1 cm³/mol. The highest BCUT2D eigenvalue weighted by molar-refractivity contribution is 5.73. The number of aryl methyl sites for hydroxylation is 1. The lowest BCUT2D eigenvalue weighted by atomic mass is 10.1. The molecule has 0 aliphatic heterocycles. The largest absolute Gasteiger partial charge is 0.480 e. The number of likely N-dealkylation sites (N-methyl/N-ethyl adjacent to an activating group) is 1. The van der Waals surface area contributed by atoms with Gasteiger partial charge in [-0.25, -0.2) is 0 Å². The van der Waals surface area contributed by atoms with Gasteiger partial charge in [0, 0.05) is 0 Å². The molecule has 1 unspecified atom stereocenters. The number of carboxylic acids is 1. The number of carbonyl (C=O) groups is 1. The van der Waals surface area contributed by atoms with Crippen molar-refractivity contribution in [1.82, 2.24) is 4.90 Å². The van der Waals surface area contributed by atoms with E-state index in [9.17, 15) is 4.79 Å². The quantitative estimate of drug-likeness (QED) is 0.789. The van der Waals surface area contributed by atoms with E-state index in [1.807, 2.05) is 37.1 Å². The molecule has 0 radical (unpaired) electrons. The maximum absolute atomic E-state index is 11.0. The van der Waals surface area contributed by atoms with Crippen molar-refractivity contribution in [3.05, 3.63) is 35.9 Å². The van der Waals surface area contributed by atoms with E-state index in [1.54, 1.807) is 0 Å². The van der Waals surface area contributed by atoms with Gasteiger partial charge in [-0.2, -0.15) is 0 Å². The summed E-state index contributed by atoms with van der Waals surface area (Å²) in [5, 5.41) is 9.02. The van der Waals surface area contributed by atoms with Crippen LogP contribution in [0.15, 0.2) is 30.3 Å². The minimum atomic E-state index is -0.727. The Bertz CT molecular complexity index is 337. The zero-order valence-corrected chi connectivity index (χ0v) is 10.6. The summed E-state index contributed by atoms with van der Waals surface area (Å²) in [5.74, 6) is -0.727. The molecule has 17 heavy (non-hydrogen) atoms. The standard InChI is InChI=1S/C14H21NO2/c1-3-13(14(16)17)15(2)11-7-10-12-8-5-4-6-9-12/h4-6,8-9,13H,3,7,10-11H2,1-2H3,(H,16,17). The van der Waals surface area contributed by atoms with E-state index in [-0.39, 0.29) is 6.04 Å². The number of hydrogen-bond acceptors (Lipinski definition) is 2. The number of carboxylic acid groups (broad SMARTS) is 1. The molecule has 3 heteroatoms. The first kappa shape index (κ1) is 13.7. The molecule has 1 rings (SSSR count). The van der Waals surface area contributed by atoms with Crippen molar-refractivity contribution in [1.29, 1.82) is 0 Å². The first-order valence-electron chi connectivity index (χ1n) is 6.12. The molecule has 0 saturated carbocycles. The molecule has 0 heterocycles. The second kappa shape index (κ2) is 7.07.